The van der Waals surface area contributed by atoms with Gasteiger partial charge in [0.05, 0.1) is 0 Å². The maximum Gasteiger partial charge on any atom is 0.242 e. The first kappa shape index (κ1) is 9.21. The largest absolute Gasteiger partial charge is 0.358 e. The molecular formula is C10H13ClN4. The molecule has 4 nitrogen and oxygen atoms in total. The molecule has 0 radical (unpaired) electrons. The van der Waals surface area contributed by atoms with Gasteiger partial charge in [0, 0.05) is 19.3 Å². The van der Waals surface area contributed by atoms with Crippen LogP contribution in [0.25, 0.3) is 0 Å². The van der Waals surface area contributed by atoms with Crippen LogP contribution in [0.4, 0.5) is 0 Å². The van der Waals surface area contributed by atoms with Crippen LogP contribution in [-0.2, 0) is 0 Å². The number of likely N-dealkylation sites (tertiary alicyclic amines) is 1. The van der Waals surface area contributed by atoms with E-state index < -0.39 is 0 Å². The molecule has 1 saturated heterocycles. The molecule has 0 aliphatic carbocycles. The zero-order valence-corrected chi connectivity index (χ0v) is 9.19. The molecule has 3 rings (SSSR count). The van der Waals surface area contributed by atoms with Crippen molar-refractivity contribution in [1.82, 2.24) is 9.91 Å². The lowest BCUT2D eigenvalue weighted by atomic mass is 10.2. The third-order valence-corrected chi connectivity index (χ3v) is 3.23. The zero-order valence-electron chi connectivity index (χ0n) is 8.43. The van der Waals surface area contributed by atoms with Crippen LogP contribution >= 0.6 is 11.6 Å². The van der Waals surface area contributed by atoms with Gasteiger partial charge in [-0.15, -0.1) is 5.10 Å². The Balaban J connectivity index is 1.89. The van der Waals surface area contributed by atoms with Crippen molar-refractivity contribution < 1.29 is 0 Å². The summed E-state index contributed by atoms with van der Waals surface area (Å²) in [6.45, 7) is 2.21. The van der Waals surface area contributed by atoms with Crippen LogP contribution in [0.2, 0.25) is 0 Å². The minimum Gasteiger partial charge on any atom is -0.358 e. The molecule has 15 heavy (non-hydrogen) atoms. The fourth-order valence-corrected chi connectivity index (χ4v) is 2.52. The zero-order chi connectivity index (χ0) is 10.3. The van der Waals surface area contributed by atoms with E-state index in [1.54, 1.807) is 0 Å². The number of hydrazone groups is 1. The Hall–Kier alpha value is -1.03. The van der Waals surface area contributed by atoms with E-state index in [0.29, 0.717) is 5.29 Å². The number of halogens is 1. The molecule has 0 aromatic heterocycles. The second-order valence-corrected chi connectivity index (χ2v) is 4.39. The summed E-state index contributed by atoms with van der Waals surface area (Å²) >= 11 is 5.92. The van der Waals surface area contributed by atoms with E-state index in [4.69, 9.17) is 11.6 Å². The number of amidine groups is 2. The Morgan fingerprint density at radius 1 is 1.33 bits per heavy atom. The summed E-state index contributed by atoms with van der Waals surface area (Å²) in [6, 6.07) is 0.283. The monoisotopic (exact) mass is 224 g/mol. The van der Waals surface area contributed by atoms with Crippen LogP contribution in [0.3, 0.4) is 0 Å². The summed E-state index contributed by atoms with van der Waals surface area (Å²) in [4.78, 5) is 6.72. The van der Waals surface area contributed by atoms with Gasteiger partial charge in [0.1, 0.15) is 11.9 Å². The molecule has 3 aliphatic rings. The lowest BCUT2D eigenvalue weighted by Crippen LogP contribution is -2.44. The molecular weight excluding hydrogens is 212 g/mol. The van der Waals surface area contributed by atoms with Crippen LogP contribution in [0.5, 0.6) is 0 Å². The summed E-state index contributed by atoms with van der Waals surface area (Å²) in [5.74, 6) is 1.09. The van der Waals surface area contributed by atoms with Gasteiger partial charge in [-0.3, -0.25) is 5.01 Å². The number of aliphatic imine (C=N–C) groups is 1. The molecule has 0 amide bonds. The molecule has 5 heteroatoms. The molecule has 3 heterocycles. The second kappa shape index (κ2) is 3.52. The summed E-state index contributed by atoms with van der Waals surface area (Å²) in [5.41, 5.74) is 0. The highest BCUT2D eigenvalue weighted by atomic mass is 35.5. The number of rotatable bonds is 0. The molecule has 0 aromatic rings. The predicted octanol–water partition coefficient (Wildman–Crippen LogP) is 1.59. The Kier molecular flexibility index (Phi) is 2.16. The molecule has 1 fully saturated rings. The predicted molar refractivity (Wildman–Crippen MR) is 60.9 cm³/mol. The van der Waals surface area contributed by atoms with E-state index in [1.807, 2.05) is 11.2 Å². The van der Waals surface area contributed by atoms with E-state index >= 15 is 0 Å². The van der Waals surface area contributed by atoms with Gasteiger partial charge in [-0.05, 0) is 30.9 Å². The van der Waals surface area contributed by atoms with Gasteiger partial charge in [0.15, 0.2) is 0 Å². The van der Waals surface area contributed by atoms with E-state index in [9.17, 15) is 0 Å². The van der Waals surface area contributed by atoms with Crippen molar-refractivity contribution in [1.29, 1.82) is 0 Å². The fraction of sp³-hybridized carbons (Fsp3) is 0.600. The number of hydrogen-bond acceptors (Lipinski definition) is 4. The highest BCUT2D eigenvalue weighted by molar-refractivity contribution is 6.65. The minimum atomic E-state index is 0.283. The normalized spacial score (nSPS) is 29.3. The van der Waals surface area contributed by atoms with E-state index in [1.165, 1.54) is 12.8 Å². The lowest BCUT2D eigenvalue weighted by molar-refractivity contribution is 0.343. The van der Waals surface area contributed by atoms with Crippen LogP contribution < -0.4 is 0 Å². The first-order valence-electron chi connectivity index (χ1n) is 5.37. The van der Waals surface area contributed by atoms with Crippen LogP contribution in [0, 0.1) is 0 Å². The Morgan fingerprint density at radius 3 is 2.93 bits per heavy atom. The van der Waals surface area contributed by atoms with Crippen molar-refractivity contribution in [3.8, 4) is 0 Å². The molecule has 0 spiro atoms. The molecule has 0 aromatic carbocycles. The average Bonchev–Trinajstić information content (AvgIpc) is 2.86. The topological polar surface area (TPSA) is 31.2 Å². The highest BCUT2D eigenvalue weighted by Crippen LogP contribution is 2.24. The van der Waals surface area contributed by atoms with Gasteiger partial charge in [0.25, 0.3) is 0 Å². The van der Waals surface area contributed by atoms with Crippen molar-refractivity contribution in [2.75, 3.05) is 13.1 Å². The quantitative estimate of drug-likeness (QED) is 0.586. The molecule has 0 bridgehead atoms. The van der Waals surface area contributed by atoms with Crippen LogP contribution in [0.1, 0.15) is 19.3 Å². The third kappa shape index (κ3) is 1.53. The van der Waals surface area contributed by atoms with Crippen LogP contribution in [-0.4, -0.2) is 40.2 Å². The van der Waals surface area contributed by atoms with Crippen molar-refractivity contribution in [3.63, 3.8) is 0 Å². The first-order valence-corrected chi connectivity index (χ1v) is 5.75. The second-order valence-electron chi connectivity index (χ2n) is 4.05. The average molecular weight is 225 g/mol. The van der Waals surface area contributed by atoms with Gasteiger partial charge in [-0.1, -0.05) is 6.08 Å². The van der Waals surface area contributed by atoms with E-state index in [-0.39, 0.29) is 6.04 Å². The van der Waals surface area contributed by atoms with Gasteiger partial charge in [0.2, 0.25) is 5.29 Å². The Labute approximate surface area is 93.9 Å². The Bertz CT molecular complexity index is 354. The number of fused-ring (bicyclic) bond motifs is 1. The molecule has 1 unspecified atom stereocenters. The molecule has 0 N–H and O–H groups in total. The maximum atomic E-state index is 5.92. The summed E-state index contributed by atoms with van der Waals surface area (Å²) in [6.07, 6.45) is 7.61. The van der Waals surface area contributed by atoms with Crippen molar-refractivity contribution >= 4 is 22.7 Å². The Morgan fingerprint density at radius 2 is 2.13 bits per heavy atom. The van der Waals surface area contributed by atoms with Gasteiger partial charge in [-0.2, -0.15) is 0 Å². The van der Waals surface area contributed by atoms with Crippen molar-refractivity contribution in [2.24, 2.45) is 10.1 Å². The lowest BCUT2D eigenvalue weighted by Gasteiger charge is -2.31. The summed E-state index contributed by atoms with van der Waals surface area (Å²) < 4.78 is 0. The van der Waals surface area contributed by atoms with Gasteiger partial charge in [-0.25, -0.2) is 4.99 Å². The number of nitrogens with zero attached hydrogens (tertiary/aromatic N) is 4. The highest BCUT2D eigenvalue weighted by Gasteiger charge is 2.32. The van der Waals surface area contributed by atoms with Crippen molar-refractivity contribution in [2.45, 2.75) is 25.3 Å². The van der Waals surface area contributed by atoms with Crippen molar-refractivity contribution in [3.05, 3.63) is 12.3 Å². The third-order valence-electron chi connectivity index (χ3n) is 3.07. The smallest absolute Gasteiger partial charge is 0.242 e. The number of hydrogen-bond donors (Lipinski definition) is 0. The fourth-order valence-electron chi connectivity index (χ4n) is 2.35. The first-order chi connectivity index (χ1) is 7.34. The van der Waals surface area contributed by atoms with Gasteiger partial charge < -0.3 is 4.90 Å². The molecule has 0 saturated carbocycles. The van der Waals surface area contributed by atoms with E-state index in [2.05, 4.69) is 21.1 Å². The molecule has 1 atom stereocenters. The maximum absolute atomic E-state index is 5.92. The molecule has 3 aliphatic heterocycles. The summed E-state index contributed by atoms with van der Waals surface area (Å²) in [7, 11) is 0. The molecule has 80 valence electrons. The minimum absolute atomic E-state index is 0.283. The standard InChI is InChI=1S/C10H13ClN4/c11-10-12-9(14-5-1-2-6-14)8-4-3-7-15(8)13-10/h3,7-8H,1-2,4-6H2. The SMILES string of the molecule is ClC1=NN2C=CCC2C(N2CCCC2)=N1. The van der Waals surface area contributed by atoms with E-state index in [0.717, 1.165) is 25.3 Å². The van der Waals surface area contributed by atoms with Gasteiger partial charge >= 0.3 is 0 Å². The summed E-state index contributed by atoms with van der Waals surface area (Å²) in [5, 5.41) is 6.45. The van der Waals surface area contributed by atoms with Crippen LogP contribution in [0.15, 0.2) is 22.4 Å².